The number of benzene rings is 2. The van der Waals surface area contributed by atoms with Crippen LogP contribution in [0.1, 0.15) is 36.7 Å². The van der Waals surface area contributed by atoms with Gasteiger partial charge in [-0.3, -0.25) is 4.79 Å². The van der Waals surface area contributed by atoms with Gasteiger partial charge in [0.2, 0.25) is 5.91 Å². The monoisotopic (exact) mass is 443 g/mol. The zero-order valence-electron chi connectivity index (χ0n) is 18.4. The molecule has 0 spiro atoms. The van der Waals surface area contributed by atoms with E-state index >= 15 is 0 Å². The zero-order chi connectivity index (χ0) is 22.7. The van der Waals surface area contributed by atoms with Crippen LogP contribution in [0.4, 0.5) is 5.69 Å². The number of hydrogen-bond acceptors (Lipinski definition) is 5. The first-order valence-electron chi connectivity index (χ1n) is 10.6. The Morgan fingerprint density at radius 1 is 1.19 bits per heavy atom. The number of amides is 1. The molecule has 0 radical (unpaired) electrons. The molecule has 2 aromatic heterocycles. The molecule has 0 saturated heterocycles. The van der Waals surface area contributed by atoms with Gasteiger partial charge in [-0.25, -0.2) is 9.50 Å². The Morgan fingerprint density at radius 3 is 2.75 bits per heavy atom. The van der Waals surface area contributed by atoms with Crippen molar-refractivity contribution in [1.29, 1.82) is 5.26 Å². The maximum atomic E-state index is 12.8. The minimum Gasteiger partial charge on any atom is -0.325 e. The molecule has 7 heteroatoms. The second kappa shape index (κ2) is 9.41. The number of nitrogens with one attached hydrogen (secondary N) is 1. The fourth-order valence-corrected chi connectivity index (χ4v) is 4.84. The molecule has 0 fully saturated rings. The molecule has 0 bridgehead atoms. The fourth-order valence-electron chi connectivity index (χ4n) is 3.85. The summed E-state index contributed by atoms with van der Waals surface area (Å²) in [5.41, 5.74) is 5.53. The summed E-state index contributed by atoms with van der Waals surface area (Å²) >= 11 is 1.60. The Morgan fingerprint density at radius 2 is 1.94 bits per heavy atom. The van der Waals surface area contributed by atoms with Crippen molar-refractivity contribution in [3.05, 3.63) is 65.5 Å². The summed E-state index contributed by atoms with van der Waals surface area (Å²) < 4.78 is 1.88. The van der Waals surface area contributed by atoms with Gasteiger partial charge in [-0.1, -0.05) is 31.2 Å². The first-order valence-corrected chi connectivity index (χ1v) is 11.5. The molecular weight excluding hydrogens is 418 g/mol. The average Bonchev–Trinajstić information content (AvgIpc) is 3.14. The number of fused-ring (bicyclic) bond motifs is 3. The van der Waals surface area contributed by atoms with Crippen molar-refractivity contribution in [3.63, 3.8) is 0 Å². The van der Waals surface area contributed by atoms with E-state index in [1.807, 2.05) is 73.8 Å². The summed E-state index contributed by atoms with van der Waals surface area (Å²) in [5, 5.41) is 17.8. The van der Waals surface area contributed by atoms with Gasteiger partial charge < -0.3 is 5.32 Å². The van der Waals surface area contributed by atoms with E-state index in [0.717, 1.165) is 44.1 Å². The van der Waals surface area contributed by atoms with Crippen LogP contribution >= 0.6 is 11.8 Å². The molecule has 0 saturated carbocycles. The van der Waals surface area contributed by atoms with E-state index in [0.29, 0.717) is 19.3 Å². The topological polar surface area (TPSA) is 83.1 Å². The molecule has 6 nitrogen and oxygen atoms in total. The van der Waals surface area contributed by atoms with Crippen LogP contribution in [-0.4, -0.2) is 25.8 Å². The van der Waals surface area contributed by atoms with E-state index < -0.39 is 0 Å². The Bertz CT molecular complexity index is 1340. The number of nitrogens with zero attached hydrogens (tertiary/aromatic N) is 4. The van der Waals surface area contributed by atoms with E-state index in [9.17, 15) is 4.79 Å². The van der Waals surface area contributed by atoms with E-state index in [1.165, 1.54) is 0 Å². The van der Waals surface area contributed by atoms with Crippen LogP contribution < -0.4 is 5.32 Å². The predicted octanol–water partition coefficient (Wildman–Crippen LogP) is 5.46. The largest absolute Gasteiger partial charge is 0.325 e. The molecule has 0 aliphatic rings. The number of para-hydroxylation sites is 1. The number of rotatable bonds is 7. The molecular formula is C25H25N5OS. The van der Waals surface area contributed by atoms with Gasteiger partial charge in [-0.05, 0) is 50.1 Å². The number of anilines is 1. The fraction of sp³-hybridized carbons (Fsp3) is 0.280. The van der Waals surface area contributed by atoms with Crippen LogP contribution in [0.3, 0.4) is 0 Å². The van der Waals surface area contributed by atoms with Crippen molar-refractivity contribution < 1.29 is 4.79 Å². The van der Waals surface area contributed by atoms with Crippen LogP contribution in [0.15, 0.2) is 53.4 Å². The summed E-state index contributed by atoms with van der Waals surface area (Å²) in [4.78, 5) is 18.5. The van der Waals surface area contributed by atoms with Crippen molar-refractivity contribution in [2.45, 2.75) is 50.2 Å². The molecule has 0 aliphatic heterocycles. The first-order chi connectivity index (χ1) is 15.5. The van der Waals surface area contributed by atoms with Crippen molar-refractivity contribution in [2.75, 3.05) is 5.32 Å². The lowest BCUT2D eigenvalue weighted by Crippen LogP contribution is -2.15. The van der Waals surface area contributed by atoms with Crippen LogP contribution in [0, 0.1) is 25.2 Å². The molecule has 32 heavy (non-hydrogen) atoms. The number of hydrogen-bond donors (Lipinski definition) is 1. The van der Waals surface area contributed by atoms with Gasteiger partial charge >= 0.3 is 0 Å². The molecule has 2 aromatic carbocycles. The Kier molecular flexibility index (Phi) is 6.42. The number of carbonyl (C=O) groups is 1. The summed E-state index contributed by atoms with van der Waals surface area (Å²) in [6.45, 7) is 6.04. The number of aryl methyl sites for hydroxylation is 2. The van der Waals surface area contributed by atoms with Crippen molar-refractivity contribution in [2.24, 2.45) is 0 Å². The Balaban J connectivity index is 1.50. The third-order valence-corrected chi connectivity index (χ3v) is 6.67. The first kappa shape index (κ1) is 21.8. The van der Waals surface area contributed by atoms with E-state index in [1.54, 1.807) is 11.8 Å². The molecule has 4 rings (SSSR count). The summed E-state index contributed by atoms with van der Waals surface area (Å²) in [7, 11) is 0. The maximum Gasteiger partial charge on any atom is 0.224 e. The highest BCUT2D eigenvalue weighted by atomic mass is 32.2. The lowest BCUT2D eigenvalue weighted by Gasteiger charge is -2.14. The second-order valence-electron chi connectivity index (χ2n) is 7.85. The molecule has 2 heterocycles. The number of nitriles is 1. The van der Waals surface area contributed by atoms with Gasteiger partial charge in [0, 0.05) is 39.8 Å². The molecule has 0 aliphatic carbocycles. The van der Waals surface area contributed by atoms with Crippen LogP contribution in [-0.2, 0) is 11.2 Å². The highest BCUT2D eigenvalue weighted by molar-refractivity contribution is 8.00. The van der Waals surface area contributed by atoms with Gasteiger partial charge in [0.05, 0.1) is 17.3 Å². The van der Waals surface area contributed by atoms with E-state index in [4.69, 9.17) is 15.3 Å². The lowest BCUT2D eigenvalue weighted by atomic mass is 10.1. The third kappa shape index (κ3) is 4.46. The van der Waals surface area contributed by atoms with E-state index in [-0.39, 0.29) is 11.2 Å². The molecule has 1 amide bonds. The number of carbonyl (C=O) groups excluding carboxylic acids is 1. The lowest BCUT2D eigenvalue weighted by molar-refractivity contribution is -0.116. The van der Waals surface area contributed by atoms with Gasteiger partial charge in [0.25, 0.3) is 0 Å². The standard InChI is InChI=1S/C25H25N5OS/c1-16(14-15-26)32-23-11-7-6-10-22(23)28-24(31)13-12-19-17(2)27-25-20-8-4-5-9-21(20)29-30(25)18(19)3/h4-11,16H,12-14H2,1-3H3,(H,28,31). The highest BCUT2D eigenvalue weighted by Crippen LogP contribution is 2.31. The average molecular weight is 444 g/mol. The van der Waals surface area contributed by atoms with Gasteiger partial charge in [0.15, 0.2) is 5.65 Å². The maximum absolute atomic E-state index is 12.8. The highest BCUT2D eigenvalue weighted by Gasteiger charge is 2.16. The third-order valence-electron chi connectivity index (χ3n) is 5.49. The van der Waals surface area contributed by atoms with Crippen LogP contribution in [0.2, 0.25) is 0 Å². The van der Waals surface area contributed by atoms with Gasteiger partial charge in [0.1, 0.15) is 0 Å². The molecule has 162 valence electrons. The van der Waals surface area contributed by atoms with Gasteiger partial charge in [-0.15, -0.1) is 11.8 Å². The van der Waals surface area contributed by atoms with Crippen molar-refractivity contribution in [1.82, 2.24) is 14.6 Å². The summed E-state index contributed by atoms with van der Waals surface area (Å²) in [6.07, 6.45) is 1.40. The molecule has 1 unspecified atom stereocenters. The quantitative estimate of drug-likeness (QED) is 0.383. The Hall–Kier alpha value is -3.37. The zero-order valence-corrected chi connectivity index (χ0v) is 19.2. The van der Waals surface area contributed by atoms with Crippen molar-refractivity contribution in [3.8, 4) is 6.07 Å². The smallest absolute Gasteiger partial charge is 0.224 e. The minimum absolute atomic E-state index is 0.0458. The van der Waals surface area contributed by atoms with Crippen LogP contribution in [0.25, 0.3) is 16.6 Å². The normalized spacial score (nSPS) is 12.1. The van der Waals surface area contributed by atoms with Gasteiger partial charge in [-0.2, -0.15) is 10.4 Å². The van der Waals surface area contributed by atoms with E-state index in [2.05, 4.69) is 11.4 Å². The predicted molar refractivity (Wildman–Crippen MR) is 129 cm³/mol. The number of thioether (sulfide) groups is 1. The molecule has 4 aromatic rings. The number of aromatic nitrogens is 3. The SMILES string of the molecule is Cc1nc2c3ccccc3nn2c(C)c1CCC(=O)Nc1ccccc1SC(C)CC#N. The second-order valence-corrected chi connectivity index (χ2v) is 9.33. The minimum atomic E-state index is -0.0458. The molecule has 1 N–H and O–H groups in total. The summed E-state index contributed by atoms with van der Waals surface area (Å²) in [5.74, 6) is -0.0458. The Labute approximate surface area is 191 Å². The van der Waals surface area contributed by atoms with Crippen LogP contribution in [0.5, 0.6) is 0 Å². The van der Waals surface area contributed by atoms with Crippen molar-refractivity contribution >= 4 is 39.9 Å². The molecule has 1 atom stereocenters. The summed E-state index contributed by atoms with van der Waals surface area (Å²) in [6, 6.07) is 17.9.